The number of hydrogen-bond donors (Lipinski definition) is 1. The highest BCUT2D eigenvalue weighted by atomic mass is 16.2. The number of fused-ring (bicyclic) bond motifs is 1. The lowest BCUT2D eigenvalue weighted by Gasteiger charge is -2.12. The summed E-state index contributed by atoms with van der Waals surface area (Å²) in [6.45, 7) is 4.75. The molecule has 5 nitrogen and oxygen atoms in total. The molecule has 0 atom stereocenters. The van der Waals surface area contributed by atoms with E-state index in [9.17, 15) is 9.59 Å². The number of hydrogen-bond acceptors (Lipinski definition) is 3. The number of carbonyl (C=O) groups excluding carboxylic acids is 1. The van der Waals surface area contributed by atoms with Crippen LogP contribution in [0.4, 0.5) is 5.69 Å². The van der Waals surface area contributed by atoms with Crippen LogP contribution >= 0.6 is 0 Å². The molecule has 0 bridgehead atoms. The summed E-state index contributed by atoms with van der Waals surface area (Å²) in [6.07, 6.45) is 5.07. The summed E-state index contributed by atoms with van der Waals surface area (Å²) >= 11 is 0. The second kappa shape index (κ2) is 9.31. The van der Waals surface area contributed by atoms with E-state index < -0.39 is 0 Å². The molecule has 0 saturated heterocycles. The van der Waals surface area contributed by atoms with Crippen LogP contribution in [-0.2, 0) is 13.0 Å². The fourth-order valence-corrected chi connectivity index (χ4v) is 3.30. The molecule has 0 aliphatic rings. The molecule has 0 aliphatic carbocycles. The highest BCUT2D eigenvalue weighted by molar-refractivity contribution is 6.11. The lowest BCUT2D eigenvalue weighted by molar-refractivity contribution is 0.102. The number of unbranched alkanes of at least 4 members (excludes halogenated alkanes) is 3. The smallest absolute Gasteiger partial charge is 0.276 e. The predicted octanol–water partition coefficient (Wildman–Crippen LogP) is 4.79. The largest absolute Gasteiger partial charge is 0.321 e. The third kappa shape index (κ3) is 4.47. The number of aryl methyl sites for hydroxylation is 2. The lowest BCUT2D eigenvalue weighted by atomic mass is 10.1. The minimum atomic E-state index is -0.299. The number of rotatable bonds is 8. The molecule has 0 saturated carbocycles. The van der Waals surface area contributed by atoms with Gasteiger partial charge in [-0.25, -0.2) is 4.68 Å². The Morgan fingerprint density at radius 2 is 1.79 bits per heavy atom. The average Bonchev–Trinajstić information content (AvgIpc) is 2.72. The standard InChI is InChI=1S/C23H27N3O2/c1-3-5-6-9-15-26-23(28)20-14-8-7-13-19(20)21(25-26)22(27)24-18-12-10-11-17(4-2)16-18/h7-8,10-14,16H,3-6,9,15H2,1-2H3,(H,24,27). The first-order valence-corrected chi connectivity index (χ1v) is 10.0. The zero-order valence-corrected chi connectivity index (χ0v) is 16.6. The Morgan fingerprint density at radius 3 is 2.54 bits per heavy atom. The highest BCUT2D eigenvalue weighted by Crippen LogP contribution is 2.17. The van der Waals surface area contributed by atoms with Crippen LogP contribution in [-0.4, -0.2) is 15.7 Å². The Hall–Kier alpha value is -2.95. The van der Waals surface area contributed by atoms with E-state index in [1.807, 2.05) is 36.4 Å². The van der Waals surface area contributed by atoms with Gasteiger partial charge in [0, 0.05) is 17.6 Å². The summed E-state index contributed by atoms with van der Waals surface area (Å²) in [5, 5.41) is 8.47. The number of benzene rings is 2. The maximum Gasteiger partial charge on any atom is 0.276 e. The van der Waals surface area contributed by atoms with Gasteiger partial charge >= 0.3 is 0 Å². The Morgan fingerprint density at radius 1 is 1.00 bits per heavy atom. The van der Waals surface area contributed by atoms with E-state index in [1.165, 1.54) is 4.68 Å². The number of nitrogens with zero attached hydrogens (tertiary/aromatic N) is 2. The van der Waals surface area contributed by atoms with Gasteiger partial charge in [0.15, 0.2) is 5.69 Å². The number of anilines is 1. The van der Waals surface area contributed by atoms with Gasteiger partial charge in [-0.1, -0.05) is 63.4 Å². The summed E-state index contributed by atoms with van der Waals surface area (Å²) in [5.74, 6) is -0.299. The molecule has 1 amide bonds. The van der Waals surface area contributed by atoms with Gasteiger partial charge < -0.3 is 5.32 Å². The predicted molar refractivity (Wildman–Crippen MR) is 114 cm³/mol. The molecule has 0 aliphatic heterocycles. The minimum Gasteiger partial charge on any atom is -0.321 e. The Kier molecular flexibility index (Phi) is 6.58. The lowest BCUT2D eigenvalue weighted by Crippen LogP contribution is -2.27. The van der Waals surface area contributed by atoms with Crippen molar-refractivity contribution >= 4 is 22.4 Å². The van der Waals surface area contributed by atoms with E-state index >= 15 is 0 Å². The van der Waals surface area contributed by atoms with Crippen LogP contribution in [0.15, 0.2) is 53.3 Å². The van der Waals surface area contributed by atoms with Crippen molar-refractivity contribution in [3.05, 3.63) is 70.1 Å². The van der Waals surface area contributed by atoms with Gasteiger partial charge in [-0.05, 0) is 36.6 Å². The van der Waals surface area contributed by atoms with Crippen molar-refractivity contribution in [2.45, 2.75) is 52.5 Å². The number of aromatic nitrogens is 2. The first kappa shape index (κ1) is 19.8. The first-order chi connectivity index (χ1) is 13.6. The molecule has 0 radical (unpaired) electrons. The Bertz CT molecular complexity index is 1020. The van der Waals surface area contributed by atoms with Crippen LogP contribution in [0.2, 0.25) is 0 Å². The van der Waals surface area contributed by atoms with Gasteiger partial charge in [0.25, 0.3) is 11.5 Å². The molecule has 3 aromatic rings. The Balaban J connectivity index is 1.95. The second-order valence-corrected chi connectivity index (χ2v) is 6.99. The van der Waals surface area contributed by atoms with E-state index in [2.05, 4.69) is 24.3 Å². The molecule has 0 fully saturated rings. The topological polar surface area (TPSA) is 64.0 Å². The number of carbonyl (C=O) groups is 1. The van der Waals surface area contributed by atoms with Crippen LogP contribution < -0.4 is 10.9 Å². The van der Waals surface area contributed by atoms with Crippen molar-refractivity contribution in [2.75, 3.05) is 5.32 Å². The minimum absolute atomic E-state index is 0.142. The van der Waals surface area contributed by atoms with E-state index in [0.717, 1.165) is 43.4 Å². The van der Waals surface area contributed by atoms with E-state index in [-0.39, 0.29) is 17.2 Å². The van der Waals surface area contributed by atoms with Crippen LogP contribution in [0.1, 0.15) is 55.6 Å². The molecule has 5 heteroatoms. The van der Waals surface area contributed by atoms with Gasteiger partial charge in [0.2, 0.25) is 0 Å². The zero-order valence-electron chi connectivity index (χ0n) is 16.6. The van der Waals surface area contributed by atoms with Crippen LogP contribution in [0, 0.1) is 0 Å². The van der Waals surface area contributed by atoms with Gasteiger partial charge in [0.05, 0.1) is 5.39 Å². The van der Waals surface area contributed by atoms with Crippen molar-refractivity contribution in [3.8, 4) is 0 Å². The van der Waals surface area contributed by atoms with Crippen LogP contribution in [0.25, 0.3) is 10.8 Å². The SMILES string of the molecule is CCCCCCn1nc(C(=O)Nc2cccc(CC)c2)c2ccccc2c1=O. The van der Waals surface area contributed by atoms with E-state index in [0.29, 0.717) is 17.3 Å². The third-order valence-electron chi connectivity index (χ3n) is 4.90. The van der Waals surface area contributed by atoms with E-state index in [1.54, 1.807) is 12.1 Å². The number of amides is 1. The molecule has 1 N–H and O–H groups in total. The number of nitrogens with one attached hydrogen (secondary N) is 1. The third-order valence-corrected chi connectivity index (χ3v) is 4.90. The van der Waals surface area contributed by atoms with Crippen LogP contribution in [0.3, 0.4) is 0 Å². The summed E-state index contributed by atoms with van der Waals surface area (Å²) in [4.78, 5) is 25.8. The molecule has 1 aromatic heterocycles. The second-order valence-electron chi connectivity index (χ2n) is 6.99. The summed E-state index contributed by atoms with van der Waals surface area (Å²) in [7, 11) is 0. The van der Waals surface area contributed by atoms with Gasteiger partial charge in [-0.15, -0.1) is 0 Å². The van der Waals surface area contributed by atoms with Crippen molar-refractivity contribution in [1.82, 2.24) is 9.78 Å². The Labute approximate surface area is 165 Å². The van der Waals surface area contributed by atoms with Crippen molar-refractivity contribution < 1.29 is 4.79 Å². The molecule has 1 heterocycles. The normalized spacial score (nSPS) is 10.9. The van der Waals surface area contributed by atoms with Crippen molar-refractivity contribution in [1.29, 1.82) is 0 Å². The fourth-order valence-electron chi connectivity index (χ4n) is 3.30. The summed E-state index contributed by atoms with van der Waals surface area (Å²) in [5.41, 5.74) is 2.02. The molecular weight excluding hydrogens is 350 g/mol. The molecule has 146 valence electrons. The quantitative estimate of drug-likeness (QED) is 0.574. The van der Waals surface area contributed by atoms with Gasteiger partial charge in [-0.2, -0.15) is 5.10 Å². The maximum absolute atomic E-state index is 13.0. The molecule has 0 spiro atoms. The fraction of sp³-hybridized carbons (Fsp3) is 0.348. The van der Waals surface area contributed by atoms with E-state index in [4.69, 9.17) is 0 Å². The zero-order chi connectivity index (χ0) is 19.9. The maximum atomic E-state index is 13.0. The van der Waals surface area contributed by atoms with Gasteiger partial charge in [0.1, 0.15) is 0 Å². The molecule has 0 unspecified atom stereocenters. The molecule has 28 heavy (non-hydrogen) atoms. The summed E-state index contributed by atoms with van der Waals surface area (Å²) < 4.78 is 1.44. The average molecular weight is 377 g/mol. The van der Waals surface area contributed by atoms with Crippen molar-refractivity contribution in [2.24, 2.45) is 0 Å². The van der Waals surface area contributed by atoms with Gasteiger partial charge in [-0.3, -0.25) is 9.59 Å². The highest BCUT2D eigenvalue weighted by Gasteiger charge is 2.17. The molecule has 3 rings (SSSR count). The first-order valence-electron chi connectivity index (χ1n) is 10.0. The molecule has 2 aromatic carbocycles. The van der Waals surface area contributed by atoms with Crippen LogP contribution in [0.5, 0.6) is 0 Å². The summed E-state index contributed by atoms with van der Waals surface area (Å²) in [6, 6.07) is 15.0. The molecular formula is C23H27N3O2. The monoisotopic (exact) mass is 377 g/mol. The van der Waals surface area contributed by atoms with Crippen molar-refractivity contribution in [3.63, 3.8) is 0 Å².